The number of aliphatic hydroxyl groups excluding tert-OH is 1. The number of rotatable bonds is 4. The molecule has 0 aromatic carbocycles. The van der Waals surface area contributed by atoms with Crippen LogP contribution < -0.4 is 0 Å². The maximum atomic E-state index is 12.0. The number of morpholine rings is 1. The maximum absolute atomic E-state index is 12.0. The molecule has 4 heteroatoms. The first kappa shape index (κ1) is 9.37. The molecule has 0 aromatic heterocycles. The largest absolute Gasteiger partial charge is 0.395 e. The molecule has 2 aliphatic rings. The molecule has 2 saturated heterocycles. The van der Waals surface area contributed by atoms with E-state index in [0.29, 0.717) is 12.5 Å². The molecular formula is C9H16FNO2. The lowest BCUT2D eigenvalue weighted by molar-refractivity contribution is -0.0347. The van der Waals surface area contributed by atoms with E-state index in [1.165, 1.54) is 0 Å². The number of likely N-dealkylation sites (tertiary alicyclic amines) is 1. The number of nitrogens with zero attached hydrogens (tertiary/aromatic N) is 1. The van der Waals surface area contributed by atoms with Crippen LogP contribution in [0.3, 0.4) is 0 Å². The van der Waals surface area contributed by atoms with Crippen molar-refractivity contribution in [3.05, 3.63) is 0 Å². The summed E-state index contributed by atoms with van der Waals surface area (Å²) in [6.45, 7) is 1.38. The summed E-state index contributed by atoms with van der Waals surface area (Å²) in [6, 6.07) is 0.541. The Morgan fingerprint density at radius 1 is 1.54 bits per heavy atom. The minimum atomic E-state index is -0.271. The molecule has 0 amide bonds. The second-order valence-electron chi connectivity index (χ2n) is 3.79. The molecule has 3 unspecified atom stereocenters. The molecule has 0 aromatic rings. The number of alkyl halides is 1. The Hall–Kier alpha value is -0.190. The molecule has 3 nitrogen and oxygen atoms in total. The Bertz CT molecular complexity index is 179. The van der Waals surface area contributed by atoms with E-state index in [4.69, 9.17) is 9.84 Å². The van der Waals surface area contributed by atoms with E-state index in [-0.39, 0.29) is 25.4 Å². The molecule has 2 bridgehead atoms. The summed E-state index contributed by atoms with van der Waals surface area (Å²) in [7, 11) is 0. The van der Waals surface area contributed by atoms with Crippen LogP contribution in [0.25, 0.3) is 0 Å². The van der Waals surface area contributed by atoms with Crippen LogP contribution in [0, 0.1) is 0 Å². The van der Waals surface area contributed by atoms with Gasteiger partial charge in [-0.25, -0.2) is 0 Å². The number of halogens is 1. The molecule has 2 heterocycles. The Morgan fingerprint density at radius 3 is 3.08 bits per heavy atom. The van der Waals surface area contributed by atoms with Crippen molar-refractivity contribution in [2.75, 3.05) is 26.4 Å². The second kappa shape index (κ2) is 3.90. The van der Waals surface area contributed by atoms with Crippen LogP contribution in [-0.2, 0) is 4.74 Å². The molecule has 76 valence electrons. The zero-order chi connectivity index (χ0) is 9.26. The topological polar surface area (TPSA) is 32.7 Å². The summed E-state index contributed by atoms with van der Waals surface area (Å²) in [6.07, 6.45) is 1.77. The smallest absolute Gasteiger partial charge is 0.0906 e. The van der Waals surface area contributed by atoms with Crippen LogP contribution in [0.1, 0.15) is 12.8 Å². The summed E-state index contributed by atoms with van der Waals surface area (Å²) in [5.74, 6) is 0. The Morgan fingerprint density at radius 2 is 2.38 bits per heavy atom. The highest BCUT2D eigenvalue weighted by Crippen LogP contribution is 2.33. The number of hydrogen-bond acceptors (Lipinski definition) is 3. The third-order valence-corrected chi connectivity index (χ3v) is 3.07. The van der Waals surface area contributed by atoms with Crippen molar-refractivity contribution in [1.29, 1.82) is 0 Å². The van der Waals surface area contributed by atoms with Crippen molar-refractivity contribution in [3.63, 3.8) is 0 Å². The molecule has 0 aliphatic carbocycles. The van der Waals surface area contributed by atoms with Gasteiger partial charge in [0, 0.05) is 12.6 Å². The third kappa shape index (κ3) is 1.58. The molecule has 2 aliphatic heterocycles. The monoisotopic (exact) mass is 189 g/mol. The van der Waals surface area contributed by atoms with Crippen LogP contribution in [0.5, 0.6) is 0 Å². The van der Waals surface area contributed by atoms with Crippen molar-refractivity contribution in [2.24, 2.45) is 0 Å². The molecule has 2 fully saturated rings. The summed E-state index contributed by atoms with van der Waals surface area (Å²) < 4.78 is 17.5. The van der Waals surface area contributed by atoms with Gasteiger partial charge in [0.2, 0.25) is 0 Å². The molecule has 0 radical (unpaired) electrons. The van der Waals surface area contributed by atoms with E-state index in [1.807, 2.05) is 0 Å². The fourth-order valence-corrected chi connectivity index (χ4v) is 2.44. The van der Waals surface area contributed by atoms with Crippen LogP contribution in [0.2, 0.25) is 0 Å². The average molecular weight is 189 g/mol. The van der Waals surface area contributed by atoms with E-state index >= 15 is 0 Å². The molecule has 2 rings (SSSR count). The van der Waals surface area contributed by atoms with Gasteiger partial charge < -0.3 is 9.84 Å². The van der Waals surface area contributed by atoms with Crippen LogP contribution in [0.15, 0.2) is 0 Å². The normalized spacial score (nSPS) is 38.8. The van der Waals surface area contributed by atoms with Gasteiger partial charge in [-0.05, 0) is 12.8 Å². The van der Waals surface area contributed by atoms with Gasteiger partial charge in [-0.1, -0.05) is 0 Å². The minimum Gasteiger partial charge on any atom is -0.395 e. The number of hydrogen-bond donors (Lipinski definition) is 1. The van der Waals surface area contributed by atoms with Crippen molar-refractivity contribution in [3.8, 4) is 0 Å². The Balaban J connectivity index is 1.92. The van der Waals surface area contributed by atoms with E-state index < -0.39 is 0 Å². The van der Waals surface area contributed by atoms with E-state index in [9.17, 15) is 4.39 Å². The summed E-state index contributed by atoms with van der Waals surface area (Å²) in [5, 5.41) is 9.14. The van der Waals surface area contributed by atoms with Gasteiger partial charge >= 0.3 is 0 Å². The fourth-order valence-electron chi connectivity index (χ4n) is 2.44. The van der Waals surface area contributed by atoms with Crippen LogP contribution in [0.4, 0.5) is 4.39 Å². The fraction of sp³-hybridized carbons (Fsp3) is 1.00. The highest BCUT2D eigenvalue weighted by Gasteiger charge is 2.46. The van der Waals surface area contributed by atoms with Gasteiger partial charge in [-0.3, -0.25) is 9.29 Å². The van der Waals surface area contributed by atoms with E-state index in [0.717, 1.165) is 19.6 Å². The molecule has 13 heavy (non-hydrogen) atoms. The van der Waals surface area contributed by atoms with Crippen molar-refractivity contribution >= 4 is 0 Å². The number of aliphatic hydroxyl groups is 1. The Labute approximate surface area is 77.5 Å². The highest BCUT2D eigenvalue weighted by atomic mass is 19.1. The summed E-state index contributed by atoms with van der Waals surface area (Å²) >= 11 is 0. The summed E-state index contributed by atoms with van der Waals surface area (Å²) in [5.41, 5.74) is 0. The third-order valence-electron chi connectivity index (χ3n) is 3.07. The van der Waals surface area contributed by atoms with Gasteiger partial charge in [-0.15, -0.1) is 0 Å². The SMILES string of the molecule is OCC1C2CC(CO2)N1CCCF. The predicted molar refractivity (Wildman–Crippen MR) is 46.3 cm³/mol. The van der Waals surface area contributed by atoms with Crippen molar-refractivity contribution < 1.29 is 14.2 Å². The van der Waals surface area contributed by atoms with Gasteiger partial charge in [0.05, 0.1) is 32.0 Å². The van der Waals surface area contributed by atoms with Gasteiger partial charge in [0.1, 0.15) is 0 Å². The van der Waals surface area contributed by atoms with Gasteiger partial charge in [-0.2, -0.15) is 0 Å². The molecule has 0 saturated carbocycles. The van der Waals surface area contributed by atoms with E-state index in [1.54, 1.807) is 0 Å². The highest BCUT2D eigenvalue weighted by molar-refractivity contribution is 4.98. The lowest BCUT2D eigenvalue weighted by atomic mass is 10.2. The standard InChI is InChI=1S/C9H16FNO2/c10-2-1-3-11-7-4-9(13-6-7)8(11)5-12/h7-9,12H,1-6H2. The number of fused-ring (bicyclic) bond motifs is 2. The first-order valence-electron chi connectivity index (χ1n) is 4.91. The van der Waals surface area contributed by atoms with E-state index in [2.05, 4.69) is 4.90 Å². The van der Waals surface area contributed by atoms with Crippen molar-refractivity contribution in [1.82, 2.24) is 4.90 Å². The van der Waals surface area contributed by atoms with Crippen LogP contribution >= 0.6 is 0 Å². The lowest BCUT2D eigenvalue weighted by Crippen LogP contribution is -2.47. The number of ether oxygens (including phenoxy) is 1. The minimum absolute atomic E-state index is 0.116. The first-order chi connectivity index (χ1) is 6.36. The zero-order valence-corrected chi connectivity index (χ0v) is 7.66. The molecule has 3 atom stereocenters. The maximum Gasteiger partial charge on any atom is 0.0906 e. The summed E-state index contributed by atoms with van der Waals surface area (Å²) in [4.78, 5) is 2.20. The molecule has 1 N–H and O–H groups in total. The van der Waals surface area contributed by atoms with Crippen LogP contribution in [-0.4, -0.2) is 54.6 Å². The first-order valence-corrected chi connectivity index (χ1v) is 4.91. The Kier molecular flexibility index (Phi) is 2.81. The lowest BCUT2D eigenvalue weighted by Gasteiger charge is -2.33. The quantitative estimate of drug-likeness (QED) is 0.684. The van der Waals surface area contributed by atoms with Crippen molar-refractivity contribution in [2.45, 2.75) is 31.0 Å². The zero-order valence-electron chi connectivity index (χ0n) is 7.66. The van der Waals surface area contributed by atoms with Gasteiger partial charge in [0.15, 0.2) is 0 Å². The average Bonchev–Trinajstić information content (AvgIpc) is 2.73. The predicted octanol–water partition coefficient (Wildman–Crippen LogP) is 0.180. The van der Waals surface area contributed by atoms with Gasteiger partial charge in [0.25, 0.3) is 0 Å². The second-order valence-corrected chi connectivity index (χ2v) is 3.79. The molecule has 0 spiro atoms. The molecular weight excluding hydrogens is 173 g/mol.